The van der Waals surface area contributed by atoms with Gasteiger partial charge in [-0.15, -0.1) is 0 Å². The van der Waals surface area contributed by atoms with E-state index in [0.717, 1.165) is 5.56 Å². The molecule has 1 aromatic rings. The summed E-state index contributed by atoms with van der Waals surface area (Å²) in [6, 6.07) is 4.93. The zero-order valence-corrected chi connectivity index (χ0v) is 13.4. The molecule has 0 radical (unpaired) electrons. The fourth-order valence-electron chi connectivity index (χ4n) is 2.58. The molecule has 1 N–H and O–H groups in total. The van der Waals surface area contributed by atoms with Gasteiger partial charge in [0, 0.05) is 24.2 Å². The first-order valence-electron chi connectivity index (χ1n) is 7.28. The molecule has 0 spiro atoms. The predicted molar refractivity (Wildman–Crippen MR) is 81.8 cm³/mol. The van der Waals surface area contributed by atoms with Crippen LogP contribution < -0.4 is 14.8 Å². The highest BCUT2D eigenvalue weighted by molar-refractivity contribution is 6.05. The molecule has 0 aromatic heterocycles. The van der Waals surface area contributed by atoms with E-state index in [1.807, 2.05) is 26.0 Å². The Kier molecular flexibility index (Phi) is 5.03. The molecule has 0 saturated carbocycles. The van der Waals surface area contributed by atoms with E-state index in [0.29, 0.717) is 18.0 Å². The molecule has 1 aliphatic rings. The smallest absolute Gasteiger partial charge is 0.247 e. The van der Waals surface area contributed by atoms with Gasteiger partial charge in [0.1, 0.15) is 11.5 Å². The first-order chi connectivity index (χ1) is 10.5. The molecule has 1 saturated heterocycles. The van der Waals surface area contributed by atoms with Crippen molar-refractivity contribution in [1.29, 1.82) is 0 Å². The summed E-state index contributed by atoms with van der Waals surface area (Å²) in [7, 11) is 3.18. The van der Waals surface area contributed by atoms with Crippen molar-refractivity contribution in [2.24, 2.45) is 0 Å². The summed E-state index contributed by atoms with van der Waals surface area (Å²) in [6.45, 7) is 4.12. The third-order valence-corrected chi connectivity index (χ3v) is 3.73. The predicted octanol–water partition coefficient (Wildman–Crippen LogP) is 1.33. The summed E-state index contributed by atoms with van der Waals surface area (Å²) < 4.78 is 10.5. The van der Waals surface area contributed by atoms with Crippen LogP contribution in [0.4, 0.5) is 0 Å². The number of ether oxygens (including phenoxy) is 2. The van der Waals surface area contributed by atoms with Gasteiger partial charge in [0.25, 0.3) is 0 Å². The van der Waals surface area contributed by atoms with E-state index in [9.17, 15) is 9.59 Å². The second-order valence-corrected chi connectivity index (χ2v) is 5.51. The van der Waals surface area contributed by atoms with Crippen LogP contribution in [0.3, 0.4) is 0 Å². The summed E-state index contributed by atoms with van der Waals surface area (Å²) in [5, 5.41) is 3.14. The molecule has 0 bridgehead atoms. The van der Waals surface area contributed by atoms with Crippen molar-refractivity contribution in [3.05, 3.63) is 23.8 Å². The molecular formula is C16H22N2O4. The number of imide groups is 1. The lowest BCUT2D eigenvalue weighted by atomic mass is 10.1. The van der Waals surface area contributed by atoms with Crippen LogP contribution in [0.1, 0.15) is 25.8 Å². The number of carbonyl (C=O) groups excluding carboxylic acids is 2. The highest BCUT2D eigenvalue weighted by Crippen LogP contribution is 2.25. The quantitative estimate of drug-likeness (QED) is 0.803. The summed E-state index contributed by atoms with van der Waals surface area (Å²) in [6.07, 6.45) is 0.204. The first kappa shape index (κ1) is 16.3. The van der Waals surface area contributed by atoms with E-state index in [-0.39, 0.29) is 24.3 Å². The average molecular weight is 306 g/mol. The van der Waals surface area contributed by atoms with Crippen molar-refractivity contribution < 1.29 is 19.1 Å². The van der Waals surface area contributed by atoms with Gasteiger partial charge in [-0.1, -0.05) is 6.07 Å². The van der Waals surface area contributed by atoms with E-state index >= 15 is 0 Å². The van der Waals surface area contributed by atoms with Gasteiger partial charge >= 0.3 is 0 Å². The number of amides is 2. The Balaban J connectivity index is 2.05. The molecule has 1 aliphatic heterocycles. The van der Waals surface area contributed by atoms with E-state index in [2.05, 4.69) is 5.32 Å². The van der Waals surface area contributed by atoms with Crippen LogP contribution in [0.15, 0.2) is 18.2 Å². The van der Waals surface area contributed by atoms with E-state index in [1.165, 1.54) is 4.90 Å². The minimum Gasteiger partial charge on any atom is -0.497 e. The number of methoxy groups -OCH3 is 2. The van der Waals surface area contributed by atoms with Gasteiger partial charge in [0.15, 0.2) is 0 Å². The highest BCUT2D eigenvalue weighted by Gasteiger charge is 2.39. The number of nitrogens with zero attached hydrogens (tertiary/aromatic N) is 1. The molecule has 1 atom stereocenters. The molecule has 1 heterocycles. The van der Waals surface area contributed by atoms with Crippen LogP contribution in [0, 0.1) is 0 Å². The molecule has 0 aliphatic carbocycles. The largest absolute Gasteiger partial charge is 0.497 e. The van der Waals surface area contributed by atoms with Gasteiger partial charge in [0.2, 0.25) is 11.8 Å². The molecule has 2 rings (SSSR count). The zero-order valence-electron chi connectivity index (χ0n) is 13.4. The normalized spacial score (nSPS) is 18.2. The number of hydrogen-bond donors (Lipinski definition) is 1. The lowest BCUT2D eigenvalue weighted by Crippen LogP contribution is -2.41. The number of benzene rings is 1. The number of carbonyl (C=O) groups is 2. The van der Waals surface area contributed by atoms with Crippen LogP contribution >= 0.6 is 0 Å². The maximum absolute atomic E-state index is 12.2. The van der Waals surface area contributed by atoms with Crippen molar-refractivity contribution in [3.63, 3.8) is 0 Å². The molecular weight excluding hydrogens is 284 g/mol. The topological polar surface area (TPSA) is 67.9 Å². The lowest BCUT2D eigenvalue weighted by Gasteiger charge is -2.19. The molecule has 120 valence electrons. The average Bonchev–Trinajstić information content (AvgIpc) is 2.79. The van der Waals surface area contributed by atoms with Crippen LogP contribution in [0.25, 0.3) is 0 Å². The maximum Gasteiger partial charge on any atom is 0.247 e. The Labute approximate surface area is 130 Å². The van der Waals surface area contributed by atoms with Crippen molar-refractivity contribution in [2.45, 2.75) is 38.9 Å². The van der Waals surface area contributed by atoms with Crippen LogP contribution in [-0.4, -0.2) is 43.0 Å². The van der Waals surface area contributed by atoms with Gasteiger partial charge < -0.3 is 14.8 Å². The molecule has 0 unspecified atom stereocenters. The Morgan fingerprint density at radius 2 is 2.00 bits per heavy atom. The van der Waals surface area contributed by atoms with Crippen LogP contribution in [0.2, 0.25) is 0 Å². The van der Waals surface area contributed by atoms with Gasteiger partial charge in [-0.05, 0) is 19.9 Å². The van der Waals surface area contributed by atoms with Crippen molar-refractivity contribution in [2.75, 3.05) is 14.2 Å². The molecule has 1 fully saturated rings. The van der Waals surface area contributed by atoms with Gasteiger partial charge in [-0.3, -0.25) is 14.5 Å². The van der Waals surface area contributed by atoms with Gasteiger partial charge in [-0.2, -0.15) is 0 Å². The van der Waals surface area contributed by atoms with Gasteiger partial charge in [0.05, 0.1) is 26.7 Å². The van der Waals surface area contributed by atoms with E-state index in [1.54, 1.807) is 20.3 Å². The third-order valence-electron chi connectivity index (χ3n) is 3.73. The molecule has 6 heteroatoms. The Morgan fingerprint density at radius 1 is 1.27 bits per heavy atom. The minimum atomic E-state index is -0.471. The highest BCUT2D eigenvalue weighted by atomic mass is 16.5. The first-order valence-corrected chi connectivity index (χ1v) is 7.28. The van der Waals surface area contributed by atoms with Crippen LogP contribution in [0.5, 0.6) is 11.5 Å². The van der Waals surface area contributed by atoms with Crippen LogP contribution in [-0.2, 0) is 16.1 Å². The van der Waals surface area contributed by atoms with Crippen molar-refractivity contribution in [1.82, 2.24) is 10.2 Å². The minimum absolute atomic E-state index is 0.109. The second kappa shape index (κ2) is 6.79. The summed E-state index contributed by atoms with van der Waals surface area (Å²) in [4.78, 5) is 25.4. The summed E-state index contributed by atoms with van der Waals surface area (Å²) in [5.41, 5.74) is 0.909. The summed E-state index contributed by atoms with van der Waals surface area (Å²) in [5.74, 6) is 1.11. The van der Waals surface area contributed by atoms with Crippen molar-refractivity contribution >= 4 is 11.8 Å². The number of hydrogen-bond acceptors (Lipinski definition) is 5. The Hall–Kier alpha value is -2.08. The third kappa shape index (κ3) is 3.22. The Bertz CT molecular complexity index is 571. The zero-order chi connectivity index (χ0) is 16.3. The molecule has 22 heavy (non-hydrogen) atoms. The van der Waals surface area contributed by atoms with E-state index < -0.39 is 6.04 Å². The fourth-order valence-corrected chi connectivity index (χ4v) is 2.58. The SMILES string of the molecule is COc1ccc(CN[C@H]2CC(=O)N(C(C)C)C2=O)c(OC)c1. The Morgan fingerprint density at radius 3 is 2.55 bits per heavy atom. The maximum atomic E-state index is 12.2. The second-order valence-electron chi connectivity index (χ2n) is 5.51. The fraction of sp³-hybridized carbons (Fsp3) is 0.500. The number of likely N-dealkylation sites (tertiary alicyclic amines) is 1. The van der Waals surface area contributed by atoms with E-state index in [4.69, 9.17) is 9.47 Å². The standard InChI is InChI=1S/C16H22N2O4/c1-10(2)18-15(19)8-13(16(18)20)17-9-11-5-6-12(21-3)7-14(11)22-4/h5-7,10,13,17H,8-9H2,1-4H3/t13-/m0/s1. The summed E-state index contributed by atoms with van der Waals surface area (Å²) >= 11 is 0. The number of rotatable bonds is 6. The lowest BCUT2D eigenvalue weighted by molar-refractivity contribution is -0.140. The molecule has 1 aromatic carbocycles. The van der Waals surface area contributed by atoms with Crippen molar-refractivity contribution in [3.8, 4) is 11.5 Å². The molecule has 2 amide bonds. The number of nitrogens with one attached hydrogen (secondary N) is 1. The van der Waals surface area contributed by atoms with Gasteiger partial charge in [-0.25, -0.2) is 0 Å². The molecule has 6 nitrogen and oxygen atoms in total. The monoisotopic (exact) mass is 306 g/mol.